The summed E-state index contributed by atoms with van der Waals surface area (Å²) in [5.41, 5.74) is 6.77. The van der Waals surface area contributed by atoms with Crippen LogP contribution in [-0.4, -0.2) is 26.9 Å². The average Bonchev–Trinajstić information content (AvgIpc) is 2.30. The van der Waals surface area contributed by atoms with Crippen LogP contribution in [0.3, 0.4) is 0 Å². The quantitative estimate of drug-likeness (QED) is 0.751. The van der Waals surface area contributed by atoms with Crippen molar-refractivity contribution in [3.63, 3.8) is 0 Å². The van der Waals surface area contributed by atoms with Crippen LogP contribution in [-0.2, 0) is 4.74 Å². The standard InChI is InChI=1S/C12H19FN2O2/c1-8(4-5-16-2)15-11-7-12(17-3)9(13)6-10(11)14/h6-8,15H,4-5,14H2,1-3H3. The van der Waals surface area contributed by atoms with Crippen LogP contribution in [0, 0.1) is 5.82 Å². The third kappa shape index (κ3) is 3.78. The number of nitrogen functional groups attached to an aromatic ring is 1. The van der Waals surface area contributed by atoms with Gasteiger partial charge in [0.05, 0.1) is 18.5 Å². The van der Waals surface area contributed by atoms with Gasteiger partial charge in [-0.1, -0.05) is 0 Å². The minimum absolute atomic E-state index is 0.181. The summed E-state index contributed by atoms with van der Waals surface area (Å²) < 4.78 is 23.2. The van der Waals surface area contributed by atoms with Crippen molar-refractivity contribution in [3.8, 4) is 5.75 Å². The van der Waals surface area contributed by atoms with Crippen molar-refractivity contribution in [2.24, 2.45) is 0 Å². The van der Waals surface area contributed by atoms with Gasteiger partial charge in [0.2, 0.25) is 0 Å². The minimum Gasteiger partial charge on any atom is -0.494 e. The van der Waals surface area contributed by atoms with Crippen LogP contribution in [0.2, 0.25) is 0 Å². The second-order valence-electron chi connectivity index (χ2n) is 3.90. The number of hydrogen-bond donors (Lipinski definition) is 2. The smallest absolute Gasteiger partial charge is 0.167 e. The predicted molar refractivity (Wildman–Crippen MR) is 66.9 cm³/mol. The van der Waals surface area contributed by atoms with Gasteiger partial charge in [-0.05, 0) is 13.3 Å². The van der Waals surface area contributed by atoms with Gasteiger partial charge in [-0.2, -0.15) is 0 Å². The lowest BCUT2D eigenvalue weighted by Crippen LogP contribution is -2.18. The lowest BCUT2D eigenvalue weighted by atomic mass is 10.2. The number of rotatable bonds is 6. The van der Waals surface area contributed by atoms with Gasteiger partial charge in [-0.3, -0.25) is 0 Å². The van der Waals surface area contributed by atoms with E-state index in [-0.39, 0.29) is 11.8 Å². The molecule has 17 heavy (non-hydrogen) atoms. The monoisotopic (exact) mass is 242 g/mol. The number of nitrogens with one attached hydrogen (secondary N) is 1. The summed E-state index contributed by atoms with van der Waals surface area (Å²) in [6.45, 7) is 2.67. The highest BCUT2D eigenvalue weighted by molar-refractivity contribution is 5.68. The molecule has 5 heteroatoms. The predicted octanol–water partition coefficient (Wildman–Crippen LogP) is 2.25. The molecule has 0 radical (unpaired) electrons. The van der Waals surface area contributed by atoms with Crippen molar-refractivity contribution in [2.45, 2.75) is 19.4 Å². The van der Waals surface area contributed by atoms with Crippen molar-refractivity contribution < 1.29 is 13.9 Å². The highest BCUT2D eigenvalue weighted by Crippen LogP contribution is 2.28. The molecule has 0 saturated carbocycles. The highest BCUT2D eigenvalue weighted by atomic mass is 19.1. The Morgan fingerprint density at radius 1 is 1.41 bits per heavy atom. The molecule has 1 unspecified atom stereocenters. The highest BCUT2D eigenvalue weighted by Gasteiger charge is 2.10. The van der Waals surface area contributed by atoms with Gasteiger partial charge in [0, 0.05) is 31.9 Å². The maximum absolute atomic E-state index is 13.3. The lowest BCUT2D eigenvalue weighted by molar-refractivity contribution is 0.191. The van der Waals surface area contributed by atoms with Crippen molar-refractivity contribution in [2.75, 3.05) is 31.9 Å². The van der Waals surface area contributed by atoms with Gasteiger partial charge in [0.15, 0.2) is 11.6 Å². The Bertz CT molecular complexity index is 372. The van der Waals surface area contributed by atoms with E-state index in [4.69, 9.17) is 15.2 Å². The molecule has 1 aromatic rings. The summed E-state index contributed by atoms with van der Waals surface area (Å²) in [7, 11) is 3.08. The first-order chi connectivity index (χ1) is 8.08. The second kappa shape index (κ2) is 6.30. The number of benzene rings is 1. The number of halogens is 1. The Balaban J connectivity index is 2.76. The molecular formula is C12H19FN2O2. The van der Waals surface area contributed by atoms with Crippen LogP contribution in [0.4, 0.5) is 15.8 Å². The molecular weight excluding hydrogens is 223 g/mol. The zero-order chi connectivity index (χ0) is 12.8. The molecule has 4 nitrogen and oxygen atoms in total. The van der Waals surface area contributed by atoms with E-state index in [1.807, 2.05) is 6.92 Å². The van der Waals surface area contributed by atoms with E-state index in [0.717, 1.165) is 6.42 Å². The number of hydrogen-bond acceptors (Lipinski definition) is 4. The van der Waals surface area contributed by atoms with Crippen LogP contribution in [0.1, 0.15) is 13.3 Å². The maximum Gasteiger partial charge on any atom is 0.167 e. The molecule has 0 bridgehead atoms. The van der Waals surface area contributed by atoms with Crippen LogP contribution >= 0.6 is 0 Å². The second-order valence-corrected chi connectivity index (χ2v) is 3.90. The maximum atomic E-state index is 13.3. The Kier molecular flexibility index (Phi) is 5.03. The SMILES string of the molecule is COCCC(C)Nc1cc(OC)c(F)cc1N. The first-order valence-corrected chi connectivity index (χ1v) is 5.47. The number of ether oxygens (including phenoxy) is 2. The molecule has 1 aromatic carbocycles. The normalized spacial score (nSPS) is 12.2. The zero-order valence-corrected chi connectivity index (χ0v) is 10.4. The topological polar surface area (TPSA) is 56.5 Å². The summed E-state index contributed by atoms with van der Waals surface area (Å²) in [6.07, 6.45) is 0.843. The summed E-state index contributed by atoms with van der Waals surface area (Å²) >= 11 is 0. The van der Waals surface area contributed by atoms with Crippen molar-refractivity contribution in [1.29, 1.82) is 0 Å². The first-order valence-electron chi connectivity index (χ1n) is 5.47. The molecule has 0 fully saturated rings. The molecule has 96 valence electrons. The van der Waals surface area contributed by atoms with Crippen LogP contribution in [0.25, 0.3) is 0 Å². The fraction of sp³-hybridized carbons (Fsp3) is 0.500. The molecule has 0 amide bonds. The largest absolute Gasteiger partial charge is 0.494 e. The van der Waals surface area contributed by atoms with E-state index in [9.17, 15) is 4.39 Å². The van der Waals surface area contributed by atoms with Crippen LogP contribution in [0.5, 0.6) is 5.75 Å². The molecule has 3 N–H and O–H groups in total. The van der Waals surface area contributed by atoms with Crippen molar-refractivity contribution in [1.82, 2.24) is 0 Å². The van der Waals surface area contributed by atoms with E-state index < -0.39 is 5.82 Å². The molecule has 0 heterocycles. The van der Waals surface area contributed by atoms with Crippen molar-refractivity contribution in [3.05, 3.63) is 17.9 Å². The molecule has 0 spiro atoms. The van der Waals surface area contributed by atoms with Gasteiger partial charge in [-0.15, -0.1) is 0 Å². The molecule has 0 aromatic heterocycles. The minimum atomic E-state index is -0.458. The summed E-state index contributed by atoms with van der Waals surface area (Å²) in [4.78, 5) is 0. The van der Waals surface area contributed by atoms with E-state index in [1.165, 1.54) is 13.2 Å². The van der Waals surface area contributed by atoms with Crippen LogP contribution < -0.4 is 15.8 Å². The molecule has 0 aliphatic rings. The fourth-order valence-corrected chi connectivity index (χ4v) is 1.48. The molecule has 1 rings (SSSR count). The molecule has 0 saturated heterocycles. The number of nitrogens with two attached hydrogens (primary N) is 1. The van der Waals surface area contributed by atoms with Gasteiger partial charge >= 0.3 is 0 Å². The molecule has 1 atom stereocenters. The fourth-order valence-electron chi connectivity index (χ4n) is 1.48. The van der Waals surface area contributed by atoms with Gasteiger partial charge in [0.1, 0.15) is 0 Å². The lowest BCUT2D eigenvalue weighted by Gasteiger charge is -2.17. The third-order valence-electron chi connectivity index (χ3n) is 2.48. The Hall–Kier alpha value is -1.49. The molecule has 0 aliphatic heterocycles. The zero-order valence-electron chi connectivity index (χ0n) is 10.4. The van der Waals surface area contributed by atoms with E-state index in [2.05, 4.69) is 5.32 Å². The van der Waals surface area contributed by atoms with Gasteiger partial charge < -0.3 is 20.5 Å². The summed E-state index contributed by atoms with van der Waals surface area (Å²) in [6, 6.07) is 3.01. The van der Waals surface area contributed by atoms with Gasteiger partial charge in [-0.25, -0.2) is 4.39 Å². The summed E-state index contributed by atoms with van der Waals surface area (Å²) in [5.74, 6) is -0.277. The third-order valence-corrected chi connectivity index (χ3v) is 2.48. The van der Waals surface area contributed by atoms with Crippen LogP contribution in [0.15, 0.2) is 12.1 Å². The Morgan fingerprint density at radius 2 is 2.12 bits per heavy atom. The molecule has 0 aliphatic carbocycles. The Labute approximate surface area is 101 Å². The average molecular weight is 242 g/mol. The first kappa shape index (κ1) is 13.6. The number of methoxy groups -OCH3 is 2. The Morgan fingerprint density at radius 3 is 2.71 bits per heavy atom. The van der Waals surface area contributed by atoms with E-state index in [1.54, 1.807) is 13.2 Å². The number of anilines is 2. The summed E-state index contributed by atoms with van der Waals surface area (Å²) in [5, 5.41) is 3.20. The van der Waals surface area contributed by atoms with Crippen molar-refractivity contribution >= 4 is 11.4 Å². The van der Waals surface area contributed by atoms with E-state index in [0.29, 0.717) is 18.0 Å². The van der Waals surface area contributed by atoms with Gasteiger partial charge in [0.25, 0.3) is 0 Å². The van der Waals surface area contributed by atoms with E-state index >= 15 is 0 Å².